The first kappa shape index (κ1) is 20.4. The molecule has 0 fully saturated rings. The fourth-order valence-corrected chi connectivity index (χ4v) is 2.82. The highest BCUT2D eigenvalue weighted by molar-refractivity contribution is 5.83. The van der Waals surface area contributed by atoms with Gasteiger partial charge in [-0.3, -0.25) is 5.32 Å². The third kappa shape index (κ3) is 5.60. The molecule has 30 heavy (non-hydrogen) atoms. The van der Waals surface area contributed by atoms with E-state index in [1.165, 1.54) is 0 Å². The number of carbonyl (C=O) groups is 1. The lowest BCUT2D eigenvalue weighted by Crippen LogP contribution is -2.06. The molecule has 0 saturated carbocycles. The van der Waals surface area contributed by atoms with Gasteiger partial charge in [0.2, 0.25) is 0 Å². The van der Waals surface area contributed by atoms with Crippen molar-refractivity contribution < 1.29 is 14.6 Å². The van der Waals surface area contributed by atoms with Crippen LogP contribution in [-0.2, 0) is 0 Å². The summed E-state index contributed by atoms with van der Waals surface area (Å²) in [5.74, 6) is 0.748. The van der Waals surface area contributed by atoms with Crippen molar-refractivity contribution in [1.82, 2.24) is 0 Å². The smallest absolute Gasteiger partial charge is 0.409 e. The van der Waals surface area contributed by atoms with Crippen molar-refractivity contribution >= 4 is 36.1 Å². The highest BCUT2D eigenvalue weighted by Gasteiger charge is 2.01. The van der Waals surface area contributed by atoms with Gasteiger partial charge in [-0.1, -0.05) is 60.7 Å². The van der Waals surface area contributed by atoms with Gasteiger partial charge in [0, 0.05) is 11.3 Å². The number of amides is 1. The van der Waals surface area contributed by atoms with Crippen molar-refractivity contribution in [2.24, 2.45) is 0 Å². The summed E-state index contributed by atoms with van der Waals surface area (Å²) in [6.07, 6.45) is 6.78. The number of nitriles is 1. The molecule has 0 atom stereocenters. The molecule has 0 spiro atoms. The zero-order valence-corrected chi connectivity index (χ0v) is 16.4. The molecule has 0 saturated heterocycles. The summed E-state index contributed by atoms with van der Waals surface area (Å²) in [6, 6.07) is 22.5. The van der Waals surface area contributed by atoms with E-state index >= 15 is 0 Å². The maximum atomic E-state index is 10.7. The number of hydrogen-bond acceptors (Lipinski definition) is 3. The van der Waals surface area contributed by atoms with Gasteiger partial charge in [-0.25, -0.2) is 4.79 Å². The molecule has 0 bridgehead atoms. The Morgan fingerprint density at radius 3 is 2.07 bits per heavy atom. The lowest BCUT2D eigenvalue weighted by Gasteiger charge is -2.06. The fraction of sp³-hybridized carbons (Fsp3) is 0.0400. The van der Waals surface area contributed by atoms with Crippen molar-refractivity contribution in [2.45, 2.75) is 0 Å². The maximum absolute atomic E-state index is 10.7. The largest absolute Gasteiger partial charge is 0.496 e. The topological polar surface area (TPSA) is 82.3 Å². The van der Waals surface area contributed by atoms with Gasteiger partial charge < -0.3 is 9.84 Å². The van der Waals surface area contributed by atoms with Gasteiger partial charge in [-0.15, -0.1) is 0 Å². The average molecular weight is 396 g/mol. The maximum Gasteiger partial charge on any atom is 0.409 e. The van der Waals surface area contributed by atoms with Crippen LogP contribution in [0.4, 0.5) is 10.5 Å². The summed E-state index contributed by atoms with van der Waals surface area (Å²) in [5.41, 5.74) is 5.04. The highest BCUT2D eigenvalue weighted by atomic mass is 16.5. The van der Waals surface area contributed by atoms with Gasteiger partial charge >= 0.3 is 6.09 Å². The highest BCUT2D eigenvalue weighted by Crippen LogP contribution is 2.24. The zero-order chi connectivity index (χ0) is 21.3. The number of nitrogens with zero attached hydrogens (tertiary/aromatic N) is 1. The molecule has 3 aromatic carbocycles. The summed E-state index contributed by atoms with van der Waals surface area (Å²) in [5, 5.41) is 19.9. The van der Waals surface area contributed by atoms with Crippen LogP contribution in [0, 0.1) is 11.3 Å². The molecular formula is C25H20N2O3. The van der Waals surface area contributed by atoms with Gasteiger partial charge in [0.1, 0.15) is 5.75 Å². The second-order valence-corrected chi connectivity index (χ2v) is 6.45. The van der Waals surface area contributed by atoms with Crippen molar-refractivity contribution in [1.29, 1.82) is 5.26 Å². The van der Waals surface area contributed by atoms with Crippen molar-refractivity contribution in [3.8, 4) is 11.8 Å². The second kappa shape index (κ2) is 9.76. The first-order chi connectivity index (χ1) is 14.6. The third-order valence-corrected chi connectivity index (χ3v) is 4.38. The minimum absolute atomic E-state index is 0.524. The molecule has 0 aliphatic rings. The molecule has 148 valence electrons. The van der Waals surface area contributed by atoms with Crippen molar-refractivity contribution in [3.63, 3.8) is 0 Å². The van der Waals surface area contributed by atoms with E-state index < -0.39 is 6.09 Å². The molecule has 0 unspecified atom stereocenters. The van der Waals surface area contributed by atoms with Crippen LogP contribution in [0.15, 0.2) is 66.7 Å². The average Bonchev–Trinajstić information content (AvgIpc) is 2.77. The van der Waals surface area contributed by atoms with E-state index in [1.807, 2.05) is 66.8 Å². The molecule has 0 aromatic heterocycles. The Labute approximate surface area is 175 Å². The van der Waals surface area contributed by atoms with E-state index in [1.54, 1.807) is 31.4 Å². The van der Waals surface area contributed by atoms with Gasteiger partial charge in [-0.05, 0) is 47.0 Å². The van der Waals surface area contributed by atoms with Gasteiger partial charge in [0.05, 0.1) is 18.7 Å². The minimum atomic E-state index is -1.09. The molecular weight excluding hydrogens is 376 g/mol. The number of rotatable bonds is 6. The zero-order valence-electron chi connectivity index (χ0n) is 16.4. The Kier molecular flexibility index (Phi) is 6.65. The summed E-state index contributed by atoms with van der Waals surface area (Å²) in [7, 11) is 1.63. The molecule has 0 aliphatic carbocycles. The fourth-order valence-electron chi connectivity index (χ4n) is 2.82. The first-order valence-electron chi connectivity index (χ1n) is 9.22. The predicted octanol–water partition coefficient (Wildman–Crippen LogP) is 6.00. The van der Waals surface area contributed by atoms with E-state index in [0.717, 1.165) is 28.0 Å². The van der Waals surface area contributed by atoms with Crippen LogP contribution < -0.4 is 10.1 Å². The van der Waals surface area contributed by atoms with Crippen LogP contribution in [0.25, 0.3) is 24.3 Å². The molecule has 0 heterocycles. The van der Waals surface area contributed by atoms with Gasteiger partial charge in [0.25, 0.3) is 0 Å². The SMILES string of the molecule is COc1cc(C=Cc2ccc(C#N)cc2)ccc1C=Cc1ccc(NC(=O)O)cc1. The number of ether oxygens (including phenoxy) is 1. The summed E-state index contributed by atoms with van der Waals surface area (Å²) in [4.78, 5) is 10.7. The number of benzene rings is 3. The van der Waals surface area contributed by atoms with Crippen LogP contribution in [0.2, 0.25) is 0 Å². The van der Waals surface area contributed by atoms with E-state index in [4.69, 9.17) is 15.1 Å². The van der Waals surface area contributed by atoms with Crippen LogP contribution in [-0.4, -0.2) is 18.3 Å². The van der Waals surface area contributed by atoms with Gasteiger partial charge in [0.15, 0.2) is 0 Å². The van der Waals surface area contributed by atoms with Gasteiger partial charge in [-0.2, -0.15) is 5.26 Å². The number of hydrogen-bond donors (Lipinski definition) is 2. The third-order valence-electron chi connectivity index (χ3n) is 4.38. The Bertz CT molecular complexity index is 1120. The molecule has 0 aliphatic heterocycles. The molecule has 5 nitrogen and oxygen atoms in total. The molecule has 5 heteroatoms. The summed E-state index contributed by atoms with van der Waals surface area (Å²) in [6.45, 7) is 0. The van der Waals surface area contributed by atoms with Crippen LogP contribution in [0.5, 0.6) is 5.75 Å². The Balaban J connectivity index is 1.73. The lowest BCUT2D eigenvalue weighted by molar-refractivity contribution is 0.210. The number of nitrogens with one attached hydrogen (secondary N) is 1. The van der Waals surface area contributed by atoms with E-state index in [2.05, 4.69) is 11.4 Å². The number of anilines is 1. The van der Waals surface area contributed by atoms with E-state index in [-0.39, 0.29) is 0 Å². The Morgan fingerprint density at radius 2 is 1.47 bits per heavy atom. The van der Waals surface area contributed by atoms with Crippen LogP contribution in [0.3, 0.4) is 0 Å². The first-order valence-corrected chi connectivity index (χ1v) is 9.22. The Morgan fingerprint density at radius 1 is 0.900 bits per heavy atom. The van der Waals surface area contributed by atoms with Crippen LogP contribution in [0.1, 0.15) is 27.8 Å². The second-order valence-electron chi connectivity index (χ2n) is 6.45. The summed E-state index contributed by atoms with van der Waals surface area (Å²) < 4.78 is 5.52. The number of carboxylic acid groups (broad SMARTS) is 1. The normalized spacial score (nSPS) is 10.8. The minimum Gasteiger partial charge on any atom is -0.496 e. The monoisotopic (exact) mass is 396 g/mol. The van der Waals surface area contributed by atoms with Crippen LogP contribution >= 0.6 is 0 Å². The Hall–Kier alpha value is -4.30. The van der Waals surface area contributed by atoms with E-state index in [0.29, 0.717) is 11.3 Å². The quantitative estimate of drug-likeness (QED) is 0.501. The molecule has 2 N–H and O–H groups in total. The molecule has 1 amide bonds. The lowest BCUT2D eigenvalue weighted by atomic mass is 10.1. The molecule has 3 rings (SSSR count). The summed E-state index contributed by atoms with van der Waals surface area (Å²) >= 11 is 0. The van der Waals surface area contributed by atoms with Crippen molar-refractivity contribution in [2.75, 3.05) is 12.4 Å². The number of methoxy groups -OCH3 is 1. The molecule has 3 aromatic rings. The predicted molar refractivity (Wildman–Crippen MR) is 120 cm³/mol. The standard InChI is InChI=1S/C25H20N2O3/c1-30-24-16-20(5-2-18-3-6-21(17-26)7-4-18)9-13-22(24)12-8-19-10-14-23(15-11-19)27-25(28)29/h2-16,27H,1H3,(H,28,29). The van der Waals surface area contributed by atoms with Crippen molar-refractivity contribution in [3.05, 3.63) is 94.5 Å². The van der Waals surface area contributed by atoms with E-state index in [9.17, 15) is 4.79 Å². The molecule has 0 radical (unpaired) electrons.